The molecule has 6 nitrogen and oxygen atoms in total. The molecule has 3 N–H and O–H groups in total. The first-order chi connectivity index (χ1) is 8.90. The summed E-state index contributed by atoms with van der Waals surface area (Å²) in [6.07, 6.45) is 0.341. The van der Waals surface area contributed by atoms with Crippen LogP contribution >= 0.6 is 11.3 Å². The lowest BCUT2D eigenvalue weighted by molar-refractivity contribution is -0.120. The monoisotopic (exact) mass is 285 g/mol. The van der Waals surface area contributed by atoms with E-state index >= 15 is 0 Å². The van der Waals surface area contributed by atoms with Crippen molar-refractivity contribution < 1.29 is 14.7 Å². The number of hydrogen-bond donors (Lipinski definition) is 3. The molecule has 1 amide bonds. The Hall–Kier alpha value is -1.63. The maximum absolute atomic E-state index is 11.5. The number of carboxylic acids is 1. The van der Waals surface area contributed by atoms with Gasteiger partial charge in [0.05, 0.1) is 0 Å². The summed E-state index contributed by atoms with van der Waals surface area (Å²) in [5, 5.41) is 15.2. The van der Waals surface area contributed by atoms with E-state index in [4.69, 9.17) is 5.11 Å². The van der Waals surface area contributed by atoms with Crippen LogP contribution in [0.5, 0.6) is 0 Å². The lowest BCUT2D eigenvalue weighted by Crippen LogP contribution is -2.28. The summed E-state index contributed by atoms with van der Waals surface area (Å²) in [5.74, 6) is -0.624. The molecule has 0 spiro atoms. The first-order valence-corrected chi connectivity index (χ1v) is 6.93. The molecule has 0 saturated carbocycles. The molecule has 1 heterocycles. The molecule has 0 fully saturated rings. The van der Waals surface area contributed by atoms with Gasteiger partial charge >= 0.3 is 5.97 Å². The highest BCUT2D eigenvalue weighted by Gasteiger charge is 2.13. The summed E-state index contributed by atoms with van der Waals surface area (Å²) in [5.41, 5.74) is 0.0664. The molecule has 1 aromatic heterocycles. The van der Waals surface area contributed by atoms with E-state index in [0.717, 1.165) is 0 Å². The highest BCUT2D eigenvalue weighted by atomic mass is 32.1. The molecule has 0 unspecified atom stereocenters. The van der Waals surface area contributed by atoms with Gasteiger partial charge in [0, 0.05) is 24.4 Å². The second-order valence-electron chi connectivity index (χ2n) is 4.60. The largest absolute Gasteiger partial charge is 0.476 e. The molecule has 106 valence electrons. The Kier molecular flexibility index (Phi) is 5.75. The van der Waals surface area contributed by atoms with Crippen LogP contribution in [0.25, 0.3) is 0 Å². The van der Waals surface area contributed by atoms with Gasteiger partial charge in [0.25, 0.3) is 0 Å². The van der Waals surface area contributed by atoms with Crippen LogP contribution in [0.3, 0.4) is 0 Å². The normalized spacial score (nSPS) is 10.5. The lowest BCUT2D eigenvalue weighted by atomic mass is 10.2. The van der Waals surface area contributed by atoms with E-state index in [1.807, 2.05) is 13.8 Å². The number of hydrogen-bond acceptors (Lipinski definition) is 5. The predicted molar refractivity (Wildman–Crippen MR) is 74.8 cm³/mol. The van der Waals surface area contributed by atoms with Crippen LogP contribution in [0.15, 0.2) is 0 Å². The number of carboxylic acid groups (broad SMARTS) is 1. The van der Waals surface area contributed by atoms with Gasteiger partial charge in [-0.2, -0.15) is 0 Å². The predicted octanol–water partition coefficient (Wildman–Crippen LogP) is 1.72. The zero-order valence-corrected chi connectivity index (χ0v) is 12.1. The van der Waals surface area contributed by atoms with Gasteiger partial charge < -0.3 is 15.7 Å². The number of aryl methyl sites for hydroxylation is 1. The lowest BCUT2D eigenvalue weighted by Gasteiger charge is -2.07. The summed E-state index contributed by atoms with van der Waals surface area (Å²) >= 11 is 1.28. The molecule has 1 aromatic rings. The number of nitrogens with zero attached hydrogens (tertiary/aromatic N) is 1. The van der Waals surface area contributed by atoms with Gasteiger partial charge in [-0.3, -0.25) is 4.79 Å². The van der Waals surface area contributed by atoms with E-state index in [1.165, 1.54) is 11.3 Å². The Labute approximate surface area is 116 Å². The third-order valence-electron chi connectivity index (χ3n) is 2.33. The van der Waals surface area contributed by atoms with E-state index in [0.29, 0.717) is 35.4 Å². The van der Waals surface area contributed by atoms with Crippen molar-refractivity contribution in [1.82, 2.24) is 10.3 Å². The molecule has 0 aliphatic rings. The smallest absolute Gasteiger partial charge is 0.355 e. The number of carbonyl (C=O) groups excluding carboxylic acids is 1. The Balaban J connectivity index is 2.35. The fourth-order valence-electron chi connectivity index (χ4n) is 1.36. The molecule has 0 saturated heterocycles. The second kappa shape index (κ2) is 7.08. The fourth-order valence-corrected chi connectivity index (χ4v) is 2.19. The van der Waals surface area contributed by atoms with Crippen LogP contribution < -0.4 is 10.6 Å². The molecule has 19 heavy (non-hydrogen) atoms. The zero-order chi connectivity index (χ0) is 14.4. The van der Waals surface area contributed by atoms with Gasteiger partial charge in [0.2, 0.25) is 5.91 Å². The quantitative estimate of drug-likeness (QED) is 0.709. The third-order valence-corrected chi connectivity index (χ3v) is 3.26. The highest BCUT2D eigenvalue weighted by molar-refractivity contribution is 7.15. The van der Waals surface area contributed by atoms with Crippen LogP contribution in [0.4, 0.5) is 5.13 Å². The van der Waals surface area contributed by atoms with Gasteiger partial charge in [0.15, 0.2) is 10.8 Å². The van der Waals surface area contributed by atoms with Crippen LogP contribution in [-0.4, -0.2) is 35.1 Å². The van der Waals surface area contributed by atoms with E-state index in [-0.39, 0.29) is 11.6 Å². The molecule has 0 bridgehead atoms. The van der Waals surface area contributed by atoms with E-state index in [1.54, 1.807) is 6.92 Å². The molecule has 0 aliphatic carbocycles. The number of amides is 1. The average Bonchev–Trinajstić information content (AvgIpc) is 2.68. The number of carbonyl (C=O) groups is 2. The molecule has 0 aromatic carbocycles. The van der Waals surface area contributed by atoms with Crippen molar-refractivity contribution >= 4 is 28.3 Å². The van der Waals surface area contributed by atoms with Crippen molar-refractivity contribution in [2.75, 3.05) is 18.4 Å². The Morgan fingerprint density at radius 1 is 1.42 bits per heavy atom. The van der Waals surface area contributed by atoms with E-state index in [2.05, 4.69) is 15.6 Å². The van der Waals surface area contributed by atoms with E-state index in [9.17, 15) is 9.59 Å². The number of anilines is 1. The maximum Gasteiger partial charge on any atom is 0.355 e. The highest BCUT2D eigenvalue weighted by Crippen LogP contribution is 2.21. The SMILES string of the molecule is Cc1sc(NCCC(=O)NCC(C)C)nc1C(=O)O. The van der Waals surface area contributed by atoms with Gasteiger partial charge in [-0.1, -0.05) is 13.8 Å². The summed E-state index contributed by atoms with van der Waals surface area (Å²) < 4.78 is 0. The second-order valence-corrected chi connectivity index (χ2v) is 5.81. The zero-order valence-electron chi connectivity index (χ0n) is 11.3. The minimum atomic E-state index is -1.03. The first-order valence-electron chi connectivity index (χ1n) is 6.11. The van der Waals surface area contributed by atoms with Gasteiger partial charge in [-0.05, 0) is 12.8 Å². The molecular weight excluding hydrogens is 266 g/mol. The topological polar surface area (TPSA) is 91.3 Å². The third kappa shape index (κ3) is 5.25. The number of nitrogens with one attached hydrogen (secondary N) is 2. The van der Waals surface area contributed by atoms with Crippen LogP contribution in [0.1, 0.15) is 35.6 Å². The first kappa shape index (κ1) is 15.4. The standard InChI is InChI=1S/C12H19N3O3S/c1-7(2)6-14-9(16)4-5-13-12-15-10(11(17)18)8(3)19-12/h7H,4-6H2,1-3H3,(H,13,15)(H,14,16)(H,17,18). The Morgan fingerprint density at radius 2 is 2.11 bits per heavy atom. The number of thiazole rings is 1. The Bertz CT molecular complexity index is 457. The van der Waals surface area contributed by atoms with Crippen molar-refractivity contribution in [2.24, 2.45) is 5.92 Å². The number of aromatic carboxylic acids is 1. The molecule has 7 heteroatoms. The van der Waals surface area contributed by atoms with Crippen molar-refractivity contribution in [3.63, 3.8) is 0 Å². The van der Waals surface area contributed by atoms with Crippen molar-refractivity contribution in [2.45, 2.75) is 27.2 Å². The Morgan fingerprint density at radius 3 is 2.63 bits per heavy atom. The summed E-state index contributed by atoms with van der Waals surface area (Å²) in [6.45, 7) is 6.88. The summed E-state index contributed by atoms with van der Waals surface area (Å²) in [6, 6.07) is 0. The number of aromatic nitrogens is 1. The van der Waals surface area contributed by atoms with E-state index < -0.39 is 5.97 Å². The van der Waals surface area contributed by atoms with Crippen LogP contribution in [-0.2, 0) is 4.79 Å². The summed E-state index contributed by atoms with van der Waals surface area (Å²) in [4.78, 5) is 26.9. The minimum absolute atomic E-state index is 0.0204. The molecule has 0 atom stereocenters. The van der Waals surface area contributed by atoms with Crippen LogP contribution in [0.2, 0.25) is 0 Å². The molecular formula is C12H19N3O3S. The molecule has 0 aliphatic heterocycles. The van der Waals surface area contributed by atoms with Gasteiger partial charge in [-0.25, -0.2) is 9.78 Å². The maximum atomic E-state index is 11.5. The minimum Gasteiger partial charge on any atom is -0.476 e. The molecule has 0 radical (unpaired) electrons. The van der Waals surface area contributed by atoms with Gasteiger partial charge in [0.1, 0.15) is 0 Å². The van der Waals surface area contributed by atoms with Crippen molar-refractivity contribution in [1.29, 1.82) is 0 Å². The van der Waals surface area contributed by atoms with Crippen LogP contribution in [0, 0.1) is 12.8 Å². The van der Waals surface area contributed by atoms with Crippen molar-refractivity contribution in [3.8, 4) is 0 Å². The summed E-state index contributed by atoms with van der Waals surface area (Å²) in [7, 11) is 0. The average molecular weight is 285 g/mol. The van der Waals surface area contributed by atoms with Crippen molar-refractivity contribution in [3.05, 3.63) is 10.6 Å². The van der Waals surface area contributed by atoms with Gasteiger partial charge in [-0.15, -0.1) is 11.3 Å². The fraction of sp³-hybridized carbons (Fsp3) is 0.583. The number of rotatable bonds is 7. The molecule has 1 rings (SSSR count).